The molecule has 0 radical (unpaired) electrons. The molecule has 1 N–H and O–H groups in total. The van der Waals surface area contributed by atoms with Gasteiger partial charge in [0.1, 0.15) is 11.9 Å². The van der Waals surface area contributed by atoms with Gasteiger partial charge in [0.15, 0.2) is 0 Å². The molecule has 1 atom stereocenters. The van der Waals surface area contributed by atoms with Gasteiger partial charge in [-0.1, -0.05) is 61.5 Å². The first kappa shape index (κ1) is 13.8. The van der Waals surface area contributed by atoms with Crippen LogP contribution < -0.4 is 0 Å². The number of fused-ring (bicyclic) bond motifs is 1. The standard InChI is InChI=1S/C19H17FO/c1-2-13-7-9-14(10-8-13)19(21)17-11-12-18(20)16-6-4-3-5-15(16)17/h3-12,19,21H,2H2,1H3. The third-order valence-electron chi connectivity index (χ3n) is 3.90. The second-order valence-electron chi connectivity index (χ2n) is 5.18. The molecule has 106 valence electrons. The van der Waals surface area contributed by atoms with Crippen molar-refractivity contribution in [2.45, 2.75) is 19.4 Å². The third kappa shape index (κ3) is 2.55. The van der Waals surface area contributed by atoms with Crippen molar-refractivity contribution in [1.29, 1.82) is 0 Å². The molecule has 3 aromatic rings. The molecule has 0 fully saturated rings. The van der Waals surface area contributed by atoms with Crippen molar-refractivity contribution in [1.82, 2.24) is 0 Å². The van der Waals surface area contributed by atoms with Gasteiger partial charge in [-0.05, 0) is 34.6 Å². The maximum atomic E-state index is 13.8. The first-order valence-corrected chi connectivity index (χ1v) is 7.14. The summed E-state index contributed by atoms with van der Waals surface area (Å²) in [5.74, 6) is -0.261. The molecule has 0 saturated carbocycles. The van der Waals surface area contributed by atoms with Crippen LogP contribution in [0.4, 0.5) is 4.39 Å². The smallest absolute Gasteiger partial charge is 0.131 e. The van der Waals surface area contributed by atoms with Gasteiger partial charge in [-0.25, -0.2) is 4.39 Å². The minimum Gasteiger partial charge on any atom is -0.384 e. The highest BCUT2D eigenvalue weighted by Gasteiger charge is 2.15. The minimum absolute atomic E-state index is 0.261. The van der Waals surface area contributed by atoms with Gasteiger partial charge in [0, 0.05) is 5.39 Å². The lowest BCUT2D eigenvalue weighted by Crippen LogP contribution is -2.01. The molecule has 3 rings (SSSR count). The number of hydrogen-bond donors (Lipinski definition) is 1. The molecule has 21 heavy (non-hydrogen) atoms. The summed E-state index contributed by atoms with van der Waals surface area (Å²) < 4.78 is 13.8. The number of aliphatic hydroxyl groups excluding tert-OH is 1. The molecule has 1 unspecified atom stereocenters. The zero-order chi connectivity index (χ0) is 14.8. The molecule has 1 nitrogen and oxygen atoms in total. The molecular weight excluding hydrogens is 263 g/mol. The lowest BCUT2D eigenvalue weighted by molar-refractivity contribution is 0.222. The van der Waals surface area contributed by atoms with Crippen molar-refractivity contribution in [3.8, 4) is 0 Å². The van der Waals surface area contributed by atoms with Crippen molar-refractivity contribution in [3.05, 3.63) is 83.2 Å². The van der Waals surface area contributed by atoms with E-state index in [2.05, 4.69) is 6.92 Å². The highest BCUT2D eigenvalue weighted by molar-refractivity contribution is 5.86. The maximum Gasteiger partial charge on any atom is 0.131 e. The average Bonchev–Trinajstić information content (AvgIpc) is 2.55. The Morgan fingerprint density at radius 2 is 1.57 bits per heavy atom. The summed E-state index contributed by atoms with van der Waals surface area (Å²) >= 11 is 0. The highest BCUT2D eigenvalue weighted by Crippen LogP contribution is 2.30. The Balaban J connectivity index is 2.08. The van der Waals surface area contributed by atoms with Crippen LogP contribution in [0, 0.1) is 5.82 Å². The van der Waals surface area contributed by atoms with E-state index in [4.69, 9.17) is 0 Å². The summed E-state index contributed by atoms with van der Waals surface area (Å²) in [4.78, 5) is 0. The van der Waals surface area contributed by atoms with Crippen LogP contribution in [0.2, 0.25) is 0 Å². The molecule has 0 spiro atoms. The van der Waals surface area contributed by atoms with Crippen molar-refractivity contribution >= 4 is 10.8 Å². The Morgan fingerprint density at radius 3 is 2.24 bits per heavy atom. The Kier molecular flexibility index (Phi) is 3.72. The van der Waals surface area contributed by atoms with Crippen molar-refractivity contribution < 1.29 is 9.50 Å². The Labute approximate surface area is 123 Å². The van der Waals surface area contributed by atoms with Crippen LogP contribution >= 0.6 is 0 Å². The second-order valence-corrected chi connectivity index (χ2v) is 5.18. The number of halogens is 1. The van der Waals surface area contributed by atoms with Crippen molar-refractivity contribution in [2.75, 3.05) is 0 Å². The molecule has 0 aliphatic rings. The molecule has 0 saturated heterocycles. The van der Waals surface area contributed by atoms with E-state index in [-0.39, 0.29) is 5.82 Å². The van der Waals surface area contributed by atoms with E-state index in [1.807, 2.05) is 36.4 Å². The summed E-state index contributed by atoms with van der Waals surface area (Å²) in [6, 6.07) is 18.2. The van der Waals surface area contributed by atoms with E-state index in [1.165, 1.54) is 11.6 Å². The van der Waals surface area contributed by atoms with E-state index in [0.717, 1.165) is 22.9 Å². The number of aliphatic hydroxyl groups is 1. The molecule has 0 heterocycles. The molecule has 3 aromatic carbocycles. The summed E-state index contributed by atoms with van der Waals surface area (Å²) in [7, 11) is 0. The monoisotopic (exact) mass is 280 g/mol. The van der Waals surface area contributed by atoms with E-state index in [0.29, 0.717) is 5.39 Å². The molecule has 0 aliphatic heterocycles. The minimum atomic E-state index is -0.749. The van der Waals surface area contributed by atoms with E-state index < -0.39 is 6.10 Å². The fourth-order valence-corrected chi connectivity index (χ4v) is 2.64. The third-order valence-corrected chi connectivity index (χ3v) is 3.90. The summed E-state index contributed by atoms with van der Waals surface area (Å²) in [6.07, 6.45) is 0.219. The predicted molar refractivity (Wildman–Crippen MR) is 83.8 cm³/mol. The van der Waals surface area contributed by atoms with E-state index >= 15 is 0 Å². The SMILES string of the molecule is CCc1ccc(C(O)c2ccc(F)c3ccccc23)cc1. The van der Waals surface area contributed by atoms with Crippen LogP contribution in [0.1, 0.15) is 29.7 Å². The van der Waals surface area contributed by atoms with Crippen LogP contribution in [0.25, 0.3) is 10.8 Å². The van der Waals surface area contributed by atoms with Gasteiger partial charge in [-0.2, -0.15) is 0 Å². The molecule has 0 aromatic heterocycles. The summed E-state index contributed by atoms with van der Waals surface area (Å²) in [6.45, 7) is 2.10. The molecule has 0 aliphatic carbocycles. The predicted octanol–water partition coefficient (Wildman–Crippen LogP) is 4.62. The Hall–Kier alpha value is -2.19. The van der Waals surface area contributed by atoms with Gasteiger partial charge in [0.25, 0.3) is 0 Å². The molecule has 0 amide bonds. The maximum absolute atomic E-state index is 13.8. The Morgan fingerprint density at radius 1 is 0.905 bits per heavy atom. The van der Waals surface area contributed by atoms with Crippen LogP contribution in [-0.4, -0.2) is 5.11 Å². The fourth-order valence-electron chi connectivity index (χ4n) is 2.64. The zero-order valence-electron chi connectivity index (χ0n) is 11.9. The average molecular weight is 280 g/mol. The molecule has 0 bridgehead atoms. The van der Waals surface area contributed by atoms with E-state index in [9.17, 15) is 9.50 Å². The first-order valence-electron chi connectivity index (χ1n) is 7.14. The normalized spacial score (nSPS) is 12.5. The van der Waals surface area contributed by atoms with Crippen LogP contribution in [0.15, 0.2) is 60.7 Å². The van der Waals surface area contributed by atoms with Crippen molar-refractivity contribution in [3.63, 3.8) is 0 Å². The first-order chi connectivity index (χ1) is 10.2. The van der Waals surface area contributed by atoms with Gasteiger partial charge in [0.2, 0.25) is 0 Å². The van der Waals surface area contributed by atoms with Crippen LogP contribution in [-0.2, 0) is 6.42 Å². The lowest BCUT2D eigenvalue weighted by Gasteiger charge is -2.15. The van der Waals surface area contributed by atoms with Gasteiger partial charge < -0.3 is 5.11 Å². The fraction of sp³-hybridized carbons (Fsp3) is 0.158. The molecular formula is C19H17FO. The largest absolute Gasteiger partial charge is 0.384 e. The van der Waals surface area contributed by atoms with Gasteiger partial charge in [0.05, 0.1) is 0 Å². The van der Waals surface area contributed by atoms with Crippen molar-refractivity contribution in [2.24, 2.45) is 0 Å². The zero-order valence-corrected chi connectivity index (χ0v) is 11.9. The lowest BCUT2D eigenvalue weighted by atomic mass is 9.95. The van der Waals surface area contributed by atoms with Crippen LogP contribution in [0.3, 0.4) is 0 Å². The highest BCUT2D eigenvalue weighted by atomic mass is 19.1. The quantitative estimate of drug-likeness (QED) is 0.742. The second kappa shape index (κ2) is 5.66. The topological polar surface area (TPSA) is 20.2 Å². The van der Waals surface area contributed by atoms with Crippen LogP contribution in [0.5, 0.6) is 0 Å². The number of hydrogen-bond acceptors (Lipinski definition) is 1. The van der Waals surface area contributed by atoms with Gasteiger partial charge in [-0.3, -0.25) is 0 Å². The molecule has 2 heteroatoms. The van der Waals surface area contributed by atoms with E-state index in [1.54, 1.807) is 18.2 Å². The Bertz CT molecular complexity index is 762. The number of benzene rings is 3. The summed E-state index contributed by atoms with van der Waals surface area (Å²) in [5, 5.41) is 11.9. The van der Waals surface area contributed by atoms with Gasteiger partial charge >= 0.3 is 0 Å². The number of rotatable bonds is 3. The number of aryl methyl sites for hydroxylation is 1. The van der Waals surface area contributed by atoms with Gasteiger partial charge in [-0.15, -0.1) is 0 Å². The summed E-state index contributed by atoms with van der Waals surface area (Å²) in [5.41, 5.74) is 2.79.